The third-order valence-electron chi connectivity index (χ3n) is 6.03. The van der Waals surface area contributed by atoms with Crippen molar-refractivity contribution in [3.8, 4) is 0 Å². The van der Waals surface area contributed by atoms with Gasteiger partial charge in [-0.25, -0.2) is 4.79 Å². The van der Waals surface area contributed by atoms with Crippen LogP contribution in [0.3, 0.4) is 0 Å². The molecule has 1 amide bonds. The second kappa shape index (κ2) is 8.72. The molecule has 1 heterocycles. The first-order valence-corrected chi connectivity index (χ1v) is 11.4. The first-order valence-electron chi connectivity index (χ1n) is 10.8. The van der Waals surface area contributed by atoms with E-state index in [1.54, 1.807) is 17.0 Å². The van der Waals surface area contributed by atoms with Gasteiger partial charge in [-0.2, -0.15) is 0 Å². The Morgan fingerprint density at radius 3 is 2.44 bits per heavy atom. The minimum Gasteiger partial charge on any atom is -0.456 e. The molecule has 0 fully saturated rings. The Bertz CT molecular complexity index is 1070. The highest BCUT2D eigenvalue weighted by Crippen LogP contribution is 2.48. The fraction of sp³-hybridized carbons (Fsp3) is 0.385. The second-order valence-corrected chi connectivity index (χ2v) is 9.61. The molecule has 0 saturated heterocycles. The van der Waals surface area contributed by atoms with Crippen molar-refractivity contribution in [2.45, 2.75) is 51.3 Å². The normalized spacial score (nSPS) is 20.1. The predicted octanol–water partition coefficient (Wildman–Crippen LogP) is 4.52. The molecule has 0 spiro atoms. The molecule has 5 nitrogen and oxygen atoms in total. The number of hydrogen-bond donors (Lipinski definition) is 1. The van der Waals surface area contributed by atoms with E-state index in [0.29, 0.717) is 12.0 Å². The van der Waals surface area contributed by atoms with E-state index in [1.807, 2.05) is 45.0 Å². The molecular weight excluding hydrogens is 426 g/mol. The maximum Gasteiger partial charge on any atom is 0.338 e. The van der Waals surface area contributed by atoms with Gasteiger partial charge >= 0.3 is 5.97 Å². The van der Waals surface area contributed by atoms with Crippen molar-refractivity contribution < 1.29 is 19.4 Å². The Hall–Kier alpha value is -2.63. The van der Waals surface area contributed by atoms with E-state index in [9.17, 15) is 14.7 Å². The lowest BCUT2D eigenvalue weighted by atomic mass is 9.84. The number of alkyl halides is 1. The number of carbonyl (C=O) groups is 2. The van der Waals surface area contributed by atoms with Crippen LogP contribution in [0.5, 0.6) is 0 Å². The zero-order chi connectivity index (χ0) is 23.0. The molecule has 0 unspecified atom stereocenters. The number of amides is 1. The molecular formula is C26H28ClNO4. The molecule has 2 aromatic carbocycles. The van der Waals surface area contributed by atoms with Gasteiger partial charge in [-0.15, -0.1) is 11.6 Å². The monoisotopic (exact) mass is 453 g/mol. The number of ether oxygens (including phenoxy) is 1. The van der Waals surface area contributed by atoms with Crippen LogP contribution in [-0.2, 0) is 16.0 Å². The van der Waals surface area contributed by atoms with Crippen LogP contribution in [0, 0.1) is 0 Å². The largest absolute Gasteiger partial charge is 0.456 e. The van der Waals surface area contributed by atoms with Gasteiger partial charge in [0.05, 0.1) is 24.3 Å². The quantitative estimate of drug-likeness (QED) is 0.545. The first-order chi connectivity index (χ1) is 15.2. The van der Waals surface area contributed by atoms with Crippen molar-refractivity contribution in [2.24, 2.45) is 0 Å². The number of carbonyl (C=O) groups excluding carboxylic acids is 2. The van der Waals surface area contributed by atoms with E-state index in [1.165, 1.54) is 16.7 Å². The number of fused-ring (bicyclic) bond motifs is 2. The number of hydrogen-bond acceptors (Lipinski definition) is 4. The van der Waals surface area contributed by atoms with Gasteiger partial charge in [-0.3, -0.25) is 4.79 Å². The number of aliphatic hydroxyl groups is 1. The van der Waals surface area contributed by atoms with E-state index in [4.69, 9.17) is 16.3 Å². The van der Waals surface area contributed by atoms with Crippen LogP contribution in [0.1, 0.15) is 60.3 Å². The van der Waals surface area contributed by atoms with Gasteiger partial charge in [0, 0.05) is 0 Å². The number of esters is 1. The Balaban J connectivity index is 1.76. The maximum absolute atomic E-state index is 12.9. The molecule has 4 rings (SSSR count). The van der Waals surface area contributed by atoms with Crippen LogP contribution in [0.15, 0.2) is 54.1 Å². The SMILES string of the molecule is CC(C)(C)OC(=O)c1ccc([C@H]2C3=C(C[C@H](CO)N2C(=O)CCl)c2ccccc2C3)cc1. The first kappa shape index (κ1) is 22.6. The van der Waals surface area contributed by atoms with Gasteiger partial charge in [-0.05, 0) is 73.6 Å². The Labute approximate surface area is 193 Å². The van der Waals surface area contributed by atoms with E-state index in [2.05, 4.69) is 12.1 Å². The number of aliphatic hydroxyl groups excluding tert-OH is 1. The fourth-order valence-corrected chi connectivity index (χ4v) is 4.88. The summed E-state index contributed by atoms with van der Waals surface area (Å²) in [6.07, 6.45) is 1.34. The molecule has 2 aromatic rings. The summed E-state index contributed by atoms with van der Waals surface area (Å²) in [6, 6.07) is 14.7. The van der Waals surface area contributed by atoms with Crippen LogP contribution in [0.25, 0.3) is 5.57 Å². The molecule has 0 aromatic heterocycles. The standard InChI is InChI=1S/C26H28ClNO4/c1-26(2,3)32-25(31)17-10-8-16(9-11-17)24-22-12-18-6-4-5-7-20(18)21(22)13-19(15-29)28(24)23(30)14-27/h4-11,19,24,29H,12-15H2,1-3H3/t19-,24+/m1/s1. The number of rotatable bonds is 4. The summed E-state index contributed by atoms with van der Waals surface area (Å²) in [6.45, 7) is 5.35. The van der Waals surface area contributed by atoms with Crippen molar-refractivity contribution in [3.63, 3.8) is 0 Å². The van der Waals surface area contributed by atoms with Crippen molar-refractivity contribution in [1.82, 2.24) is 4.90 Å². The molecule has 1 aliphatic carbocycles. The lowest BCUT2D eigenvalue weighted by molar-refractivity contribution is -0.134. The lowest BCUT2D eigenvalue weighted by Gasteiger charge is -2.43. The second-order valence-electron chi connectivity index (χ2n) is 9.34. The summed E-state index contributed by atoms with van der Waals surface area (Å²) in [4.78, 5) is 27.1. The molecule has 0 radical (unpaired) electrons. The van der Waals surface area contributed by atoms with Gasteiger partial charge in [0.15, 0.2) is 0 Å². The summed E-state index contributed by atoms with van der Waals surface area (Å²) in [5.41, 5.74) is 5.52. The summed E-state index contributed by atoms with van der Waals surface area (Å²) >= 11 is 5.97. The molecule has 2 aliphatic rings. The molecule has 6 heteroatoms. The Morgan fingerprint density at radius 1 is 1.12 bits per heavy atom. The highest BCUT2D eigenvalue weighted by molar-refractivity contribution is 6.27. The average Bonchev–Trinajstić information content (AvgIpc) is 3.14. The molecule has 168 valence electrons. The van der Waals surface area contributed by atoms with E-state index >= 15 is 0 Å². The molecule has 0 saturated carbocycles. The summed E-state index contributed by atoms with van der Waals surface area (Å²) in [7, 11) is 0. The maximum atomic E-state index is 12.9. The minimum absolute atomic E-state index is 0.145. The number of nitrogens with zero attached hydrogens (tertiary/aromatic N) is 1. The van der Waals surface area contributed by atoms with E-state index < -0.39 is 5.60 Å². The summed E-state index contributed by atoms with van der Waals surface area (Å²) < 4.78 is 5.47. The fourth-order valence-electron chi connectivity index (χ4n) is 4.74. The topological polar surface area (TPSA) is 66.8 Å². The van der Waals surface area contributed by atoms with Crippen LogP contribution in [-0.4, -0.2) is 46.0 Å². The number of halogens is 1. The number of benzene rings is 2. The third kappa shape index (κ3) is 4.19. The summed E-state index contributed by atoms with van der Waals surface area (Å²) in [5, 5.41) is 10.1. The van der Waals surface area contributed by atoms with Gasteiger partial charge in [-0.1, -0.05) is 36.4 Å². The van der Waals surface area contributed by atoms with Crippen molar-refractivity contribution in [1.29, 1.82) is 0 Å². The van der Waals surface area contributed by atoms with Gasteiger partial charge < -0.3 is 14.7 Å². The minimum atomic E-state index is -0.577. The Kier molecular flexibility index (Phi) is 6.15. The smallest absolute Gasteiger partial charge is 0.338 e. The molecule has 1 N–H and O–H groups in total. The Morgan fingerprint density at radius 2 is 1.81 bits per heavy atom. The predicted molar refractivity (Wildman–Crippen MR) is 124 cm³/mol. The molecule has 0 bridgehead atoms. The molecule has 1 aliphatic heterocycles. The van der Waals surface area contributed by atoms with Gasteiger partial charge in [0.2, 0.25) is 5.91 Å². The van der Waals surface area contributed by atoms with Crippen molar-refractivity contribution in [2.75, 3.05) is 12.5 Å². The van der Waals surface area contributed by atoms with Crippen molar-refractivity contribution >= 4 is 29.1 Å². The zero-order valence-electron chi connectivity index (χ0n) is 18.6. The zero-order valence-corrected chi connectivity index (χ0v) is 19.4. The van der Waals surface area contributed by atoms with Gasteiger partial charge in [0.1, 0.15) is 11.5 Å². The van der Waals surface area contributed by atoms with Crippen LogP contribution < -0.4 is 0 Å². The molecule has 2 atom stereocenters. The van der Waals surface area contributed by atoms with Crippen LogP contribution in [0.4, 0.5) is 0 Å². The average molecular weight is 454 g/mol. The summed E-state index contributed by atoms with van der Waals surface area (Å²) in [5.74, 6) is -0.754. The third-order valence-corrected chi connectivity index (χ3v) is 6.26. The van der Waals surface area contributed by atoms with E-state index in [0.717, 1.165) is 17.6 Å². The lowest BCUT2D eigenvalue weighted by Crippen LogP contribution is -2.48. The van der Waals surface area contributed by atoms with Crippen molar-refractivity contribution in [3.05, 3.63) is 76.4 Å². The van der Waals surface area contributed by atoms with Gasteiger partial charge in [0.25, 0.3) is 0 Å². The van der Waals surface area contributed by atoms with Crippen LogP contribution in [0.2, 0.25) is 0 Å². The molecule has 32 heavy (non-hydrogen) atoms. The highest BCUT2D eigenvalue weighted by Gasteiger charge is 2.42. The van der Waals surface area contributed by atoms with E-state index in [-0.39, 0.29) is 36.4 Å². The highest BCUT2D eigenvalue weighted by atomic mass is 35.5. The van der Waals surface area contributed by atoms with Crippen LogP contribution >= 0.6 is 11.6 Å².